The Morgan fingerprint density at radius 1 is 0.871 bits per heavy atom. The van der Waals surface area contributed by atoms with Crippen LogP contribution in [0.5, 0.6) is 0 Å². The first kappa shape index (κ1) is 18.6. The van der Waals surface area contributed by atoms with Crippen molar-refractivity contribution >= 4 is 29.1 Å². The van der Waals surface area contributed by atoms with Gasteiger partial charge >= 0.3 is 0 Å². The molecule has 0 aromatic heterocycles. The molecule has 2 saturated carbocycles. The number of benzene rings is 2. The Kier molecular flexibility index (Phi) is 3.83. The minimum absolute atomic E-state index is 0.0767. The van der Waals surface area contributed by atoms with Crippen LogP contribution in [0.25, 0.3) is 0 Å². The van der Waals surface area contributed by atoms with E-state index in [9.17, 15) is 14.4 Å². The molecule has 5 heteroatoms. The number of aryl methyl sites for hydroxylation is 2. The second-order valence-corrected chi connectivity index (χ2v) is 9.54. The van der Waals surface area contributed by atoms with E-state index in [-0.39, 0.29) is 41.4 Å². The molecule has 0 radical (unpaired) electrons. The summed E-state index contributed by atoms with van der Waals surface area (Å²) in [6, 6.07) is 12.7. The minimum Gasteiger partial charge on any atom is -0.322 e. The van der Waals surface area contributed by atoms with Crippen molar-refractivity contribution in [2.45, 2.75) is 20.3 Å². The molecule has 3 amide bonds. The summed E-state index contributed by atoms with van der Waals surface area (Å²) in [7, 11) is 0. The number of hydrogen-bond donors (Lipinski definition) is 1. The van der Waals surface area contributed by atoms with Crippen LogP contribution >= 0.6 is 0 Å². The molecule has 7 rings (SSSR count). The first-order chi connectivity index (χ1) is 14.9. The molecule has 2 bridgehead atoms. The van der Waals surface area contributed by atoms with Gasteiger partial charge < -0.3 is 5.32 Å². The summed E-state index contributed by atoms with van der Waals surface area (Å²) in [5.74, 6) is 0.811. The molecule has 2 aromatic rings. The van der Waals surface area contributed by atoms with E-state index in [1.54, 1.807) is 24.3 Å². The second-order valence-electron chi connectivity index (χ2n) is 9.54. The number of imide groups is 1. The lowest BCUT2D eigenvalue weighted by atomic mass is 9.63. The third kappa shape index (κ3) is 2.72. The predicted octanol–water partition coefficient (Wildman–Crippen LogP) is 4.11. The largest absolute Gasteiger partial charge is 0.322 e. The maximum absolute atomic E-state index is 13.2. The van der Waals surface area contributed by atoms with Gasteiger partial charge in [0.05, 0.1) is 17.5 Å². The van der Waals surface area contributed by atoms with E-state index in [0.29, 0.717) is 23.1 Å². The van der Waals surface area contributed by atoms with Crippen LogP contribution < -0.4 is 10.2 Å². The number of nitrogens with one attached hydrogen (secondary N) is 1. The summed E-state index contributed by atoms with van der Waals surface area (Å²) < 4.78 is 0. The van der Waals surface area contributed by atoms with Gasteiger partial charge in [-0.05, 0) is 91.5 Å². The van der Waals surface area contributed by atoms with E-state index in [1.807, 2.05) is 26.0 Å². The highest BCUT2D eigenvalue weighted by molar-refractivity contribution is 6.22. The van der Waals surface area contributed by atoms with Crippen molar-refractivity contribution in [2.24, 2.45) is 35.5 Å². The Hall–Kier alpha value is -3.21. The number of amides is 3. The quantitative estimate of drug-likeness (QED) is 0.609. The van der Waals surface area contributed by atoms with Crippen molar-refractivity contribution in [3.8, 4) is 0 Å². The van der Waals surface area contributed by atoms with E-state index >= 15 is 0 Å². The first-order valence-electron chi connectivity index (χ1n) is 11.0. The smallest absolute Gasteiger partial charge is 0.255 e. The fraction of sp³-hybridized carbons (Fsp3) is 0.346. The summed E-state index contributed by atoms with van der Waals surface area (Å²) in [5.41, 5.74) is 3.96. The highest BCUT2D eigenvalue weighted by Gasteiger charge is 2.67. The molecule has 2 aromatic carbocycles. The molecular weight excluding hydrogens is 388 g/mol. The summed E-state index contributed by atoms with van der Waals surface area (Å²) in [6.07, 6.45) is 5.50. The van der Waals surface area contributed by atoms with E-state index in [4.69, 9.17) is 0 Å². The molecule has 3 fully saturated rings. The molecule has 6 atom stereocenters. The number of anilines is 2. The van der Waals surface area contributed by atoms with Crippen LogP contribution in [-0.4, -0.2) is 17.7 Å². The van der Waals surface area contributed by atoms with Crippen LogP contribution in [0.1, 0.15) is 27.9 Å². The third-order valence-corrected chi connectivity index (χ3v) is 7.53. The van der Waals surface area contributed by atoms with Crippen LogP contribution in [0.4, 0.5) is 11.4 Å². The number of carbonyl (C=O) groups is 3. The fourth-order valence-corrected chi connectivity index (χ4v) is 6.22. The molecule has 31 heavy (non-hydrogen) atoms. The lowest BCUT2D eigenvalue weighted by Gasteiger charge is -2.37. The van der Waals surface area contributed by atoms with E-state index < -0.39 is 0 Å². The number of hydrogen-bond acceptors (Lipinski definition) is 3. The van der Waals surface area contributed by atoms with Crippen molar-refractivity contribution in [1.82, 2.24) is 0 Å². The van der Waals surface area contributed by atoms with Crippen molar-refractivity contribution in [2.75, 3.05) is 10.2 Å². The van der Waals surface area contributed by atoms with Gasteiger partial charge in [0.25, 0.3) is 5.91 Å². The van der Waals surface area contributed by atoms with E-state index in [1.165, 1.54) is 4.90 Å². The number of nitrogens with zero attached hydrogens (tertiary/aromatic N) is 1. The van der Waals surface area contributed by atoms with Gasteiger partial charge in [0.2, 0.25) is 11.8 Å². The highest BCUT2D eigenvalue weighted by Crippen LogP contribution is 2.65. The number of rotatable bonds is 3. The highest BCUT2D eigenvalue weighted by atomic mass is 16.2. The van der Waals surface area contributed by atoms with Gasteiger partial charge in [-0.2, -0.15) is 0 Å². The molecule has 1 heterocycles. The van der Waals surface area contributed by atoms with E-state index in [2.05, 4.69) is 23.5 Å². The topological polar surface area (TPSA) is 66.5 Å². The summed E-state index contributed by atoms with van der Waals surface area (Å²) in [4.78, 5) is 40.5. The Morgan fingerprint density at radius 2 is 1.42 bits per heavy atom. The molecule has 1 aliphatic heterocycles. The van der Waals surface area contributed by atoms with Gasteiger partial charge in [0.1, 0.15) is 0 Å². The lowest BCUT2D eigenvalue weighted by molar-refractivity contribution is -0.124. The van der Waals surface area contributed by atoms with E-state index in [0.717, 1.165) is 23.2 Å². The van der Waals surface area contributed by atoms with Gasteiger partial charge in [-0.1, -0.05) is 18.2 Å². The Morgan fingerprint density at radius 3 is 1.97 bits per heavy atom. The summed E-state index contributed by atoms with van der Waals surface area (Å²) in [6.45, 7) is 3.98. The monoisotopic (exact) mass is 412 g/mol. The Labute approximate surface area is 181 Å². The van der Waals surface area contributed by atoms with Gasteiger partial charge in [-0.25, -0.2) is 0 Å². The molecule has 0 unspecified atom stereocenters. The fourth-order valence-electron chi connectivity index (χ4n) is 6.22. The van der Waals surface area contributed by atoms with Crippen molar-refractivity contribution in [1.29, 1.82) is 0 Å². The number of allylic oxidation sites excluding steroid dienone is 2. The van der Waals surface area contributed by atoms with Gasteiger partial charge in [0, 0.05) is 11.3 Å². The van der Waals surface area contributed by atoms with Gasteiger partial charge in [0.15, 0.2) is 0 Å². The Balaban J connectivity index is 1.23. The molecule has 5 nitrogen and oxygen atoms in total. The zero-order valence-electron chi connectivity index (χ0n) is 17.5. The predicted molar refractivity (Wildman–Crippen MR) is 118 cm³/mol. The summed E-state index contributed by atoms with van der Waals surface area (Å²) in [5, 5.41) is 2.92. The molecule has 5 aliphatic rings. The maximum Gasteiger partial charge on any atom is 0.255 e. The van der Waals surface area contributed by atoms with Crippen LogP contribution in [0, 0.1) is 49.4 Å². The second kappa shape index (κ2) is 6.39. The first-order valence-corrected chi connectivity index (χ1v) is 11.0. The summed E-state index contributed by atoms with van der Waals surface area (Å²) >= 11 is 0. The molecule has 0 spiro atoms. The van der Waals surface area contributed by atoms with Gasteiger partial charge in [-0.15, -0.1) is 0 Å². The average Bonchev–Trinajstić information content (AvgIpc) is 3.51. The van der Waals surface area contributed by atoms with Crippen molar-refractivity contribution < 1.29 is 14.4 Å². The van der Waals surface area contributed by atoms with Gasteiger partial charge in [-0.3, -0.25) is 19.3 Å². The Bertz CT molecular complexity index is 1110. The van der Waals surface area contributed by atoms with Crippen LogP contribution in [0.15, 0.2) is 54.6 Å². The van der Waals surface area contributed by atoms with Crippen LogP contribution in [0.3, 0.4) is 0 Å². The average molecular weight is 412 g/mol. The molecular formula is C26H24N2O3. The SMILES string of the molecule is Cc1cc(C)cc(NC(=O)c2ccc(N3C(=O)[C@@H]4[C@H]5C=C[C@@H]([C@@H]6C[C@@H]56)[C@@H]4C3=O)cc2)c1. The minimum atomic E-state index is -0.216. The normalized spacial score (nSPS) is 32.1. The zero-order chi connectivity index (χ0) is 21.4. The number of carbonyl (C=O) groups excluding carboxylic acids is 3. The third-order valence-electron chi connectivity index (χ3n) is 7.53. The molecule has 4 aliphatic carbocycles. The molecule has 156 valence electrons. The van der Waals surface area contributed by atoms with Crippen molar-refractivity contribution in [3.63, 3.8) is 0 Å². The zero-order valence-corrected chi connectivity index (χ0v) is 17.5. The lowest BCUT2D eigenvalue weighted by Crippen LogP contribution is -2.40. The standard InChI is InChI=1S/C26H24N2O3/c1-13-9-14(2)11-16(10-13)27-24(29)15-3-5-17(6-4-15)28-25(30)22-18-7-8-19(21-12-20(18)21)23(22)26(28)31/h3-11,18-23H,12H2,1-2H3,(H,27,29)/t18-,19-,20-,21-,22-,23+/m0/s1. The van der Waals surface area contributed by atoms with Crippen LogP contribution in [-0.2, 0) is 9.59 Å². The van der Waals surface area contributed by atoms with Crippen molar-refractivity contribution in [3.05, 3.63) is 71.3 Å². The molecule has 1 N–H and O–H groups in total. The maximum atomic E-state index is 13.2. The molecule has 1 saturated heterocycles. The van der Waals surface area contributed by atoms with Crippen LogP contribution in [0.2, 0.25) is 0 Å².